The van der Waals surface area contributed by atoms with Crippen molar-refractivity contribution in [3.05, 3.63) is 87.1 Å². The largest absolute Gasteiger partial charge is 0.400 e. The Kier molecular flexibility index (Phi) is 11.5. The molecular weight excluding hydrogens is 396 g/mol. The Morgan fingerprint density at radius 3 is 2.39 bits per heavy atom. The minimum atomic E-state index is -0.435. The first kappa shape index (κ1) is 25.7. The van der Waals surface area contributed by atoms with E-state index in [4.69, 9.17) is 9.84 Å². The average molecular weight is 427 g/mol. The number of hydrogen-bond donors (Lipinski definition) is 2. The summed E-state index contributed by atoms with van der Waals surface area (Å²) in [5.74, 6) is 0. The number of nitrogens with zero attached hydrogens (tertiary/aromatic N) is 1. The minimum absolute atomic E-state index is 0.00909. The molecule has 0 amide bonds. The summed E-state index contributed by atoms with van der Waals surface area (Å²) in [5, 5.41) is 18.0. The van der Waals surface area contributed by atoms with Crippen molar-refractivity contribution < 1.29 is 19.6 Å². The third-order valence-corrected chi connectivity index (χ3v) is 4.50. The van der Waals surface area contributed by atoms with Crippen LogP contribution in [0.2, 0.25) is 0 Å². The molecule has 2 aromatic carbocycles. The van der Waals surface area contributed by atoms with Crippen molar-refractivity contribution in [3.8, 4) is 11.3 Å². The van der Waals surface area contributed by atoms with Gasteiger partial charge in [0.05, 0.1) is 23.8 Å². The number of H-pyrrole nitrogens is 1. The Morgan fingerprint density at radius 1 is 1.10 bits per heavy atom. The van der Waals surface area contributed by atoms with Gasteiger partial charge in [0.1, 0.15) is 0 Å². The maximum absolute atomic E-state index is 11.5. The van der Waals surface area contributed by atoms with Gasteiger partial charge in [-0.25, -0.2) is 0 Å². The first-order valence-corrected chi connectivity index (χ1v) is 10.1. The van der Waals surface area contributed by atoms with Gasteiger partial charge >= 0.3 is 0 Å². The third kappa shape index (κ3) is 7.16. The normalized spacial score (nSPS) is 9.71. The lowest BCUT2D eigenvalue weighted by Gasteiger charge is -2.06. The molecule has 0 radical (unpaired) electrons. The molecule has 166 valence electrons. The summed E-state index contributed by atoms with van der Waals surface area (Å²) in [6.07, 6.45) is 1.54. The van der Waals surface area contributed by atoms with Gasteiger partial charge in [-0.15, -0.1) is 0 Å². The van der Waals surface area contributed by atoms with Crippen LogP contribution < -0.4 is 0 Å². The average Bonchev–Trinajstić information content (AvgIpc) is 3.15. The zero-order valence-electron chi connectivity index (χ0n) is 18.4. The molecule has 1 heterocycles. The van der Waals surface area contributed by atoms with E-state index in [1.54, 1.807) is 12.1 Å². The Morgan fingerprint density at radius 2 is 1.77 bits per heavy atom. The Hall–Kier alpha value is -3.29. The summed E-state index contributed by atoms with van der Waals surface area (Å²) in [6, 6.07) is 16.4. The molecule has 2 N–H and O–H groups in total. The minimum Gasteiger partial charge on any atom is -0.400 e. The first-order chi connectivity index (χ1) is 15.1. The Balaban J connectivity index is 0.00000113. The molecule has 7 nitrogen and oxygen atoms in total. The molecule has 7 heteroatoms. The van der Waals surface area contributed by atoms with E-state index < -0.39 is 4.92 Å². The number of benzene rings is 2. The van der Waals surface area contributed by atoms with Crippen molar-refractivity contribution >= 4 is 12.0 Å². The van der Waals surface area contributed by atoms with E-state index in [2.05, 4.69) is 4.98 Å². The Labute approximate surface area is 182 Å². The van der Waals surface area contributed by atoms with Gasteiger partial charge < -0.3 is 14.8 Å². The molecule has 0 spiro atoms. The van der Waals surface area contributed by atoms with Gasteiger partial charge in [-0.1, -0.05) is 56.3 Å². The molecule has 0 aliphatic carbocycles. The number of non-ortho nitro benzene ring substituents is 1. The van der Waals surface area contributed by atoms with Crippen molar-refractivity contribution in [1.29, 1.82) is 0 Å². The van der Waals surface area contributed by atoms with E-state index in [0.29, 0.717) is 30.2 Å². The summed E-state index contributed by atoms with van der Waals surface area (Å²) in [7, 11) is 1.00. The van der Waals surface area contributed by atoms with Crippen molar-refractivity contribution in [3.63, 3.8) is 0 Å². The SMILES string of the molecule is CC.CO.Cc1c(-c2cccc([N+](=O)[O-])c2)[nH]c(C=O)c1COCCc1ccccc1. The summed E-state index contributed by atoms with van der Waals surface area (Å²) in [4.78, 5) is 25.1. The molecule has 0 unspecified atom stereocenters. The van der Waals surface area contributed by atoms with E-state index in [1.807, 2.05) is 51.1 Å². The van der Waals surface area contributed by atoms with Gasteiger partial charge in [0, 0.05) is 36.1 Å². The summed E-state index contributed by atoms with van der Waals surface area (Å²) >= 11 is 0. The second-order valence-corrected chi connectivity index (χ2v) is 6.23. The molecule has 0 aliphatic rings. The number of aldehydes is 1. The molecule has 0 saturated carbocycles. The van der Waals surface area contributed by atoms with Crippen molar-refractivity contribution in [2.45, 2.75) is 33.8 Å². The number of aromatic amines is 1. The molecule has 0 atom stereocenters. The molecule has 0 aliphatic heterocycles. The topological polar surface area (TPSA) is 105 Å². The van der Waals surface area contributed by atoms with E-state index >= 15 is 0 Å². The van der Waals surface area contributed by atoms with Crippen LogP contribution in [0.25, 0.3) is 11.3 Å². The van der Waals surface area contributed by atoms with Gasteiger partial charge in [0.15, 0.2) is 6.29 Å². The van der Waals surface area contributed by atoms with Gasteiger partial charge in [0.2, 0.25) is 0 Å². The molecule has 0 saturated heterocycles. The lowest BCUT2D eigenvalue weighted by Crippen LogP contribution is -2.01. The fourth-order valence-electron chi connectivity index (χ4n) is 3.02. The number of ether oxygens (including phenoxy) is 1. The van der Waals surface area contributed by atoms with Crippen LogP contribution in [-0.4, -0.2) is 35.0 Å². The predicted molar refractivity (Wildman–Crippen MR) is 122 cm³/mol. The highest BCUT2D eigenvalue weighted by molar-refractivity contribution is 5.80. The number of hydrogen-bond acceptors (Lipinski definition) is 5. The summed E-state index contributed by atoms with van der Waals surface area (Å²) in [5.41, 5.74) is 4.64. The number of aliphatic hydroxyl groups excluding tert-OH is 1. The second-order valence-electron chi connectivity index (χ2n) is 6.23. The van der Waals surface area contributed by atoms with Crippen LogP contribution in [0, 0.1) is 17.0 Å². The van der Waals surface area contributed by atoms with Gasteiger partial charge in [0.25, 0.3) is 5.69 Å². The second kappa shape index (κ2) is 13.8. The first-order valence-electron chi connectivity index (χ1n) is 10.1. The van der Waals surface area contributed by atoms with Gasteiger partial charge in [-0.2, -0.15) is 0 Å². The van der Waals surface area contributed by atoms with Crippen LogP contribution in [0.5, 0.6) is 0 Å². The smallest absolute Gasteiger partial charge is 0.270 e. The molecule has 1 aromatic heterocycles. The summed E-state index contributed by atoms with van der Waals surface area (Å²) < 4.78 is 5.77. The number of aliphatic hydroxyl groups is 1. The molecule has 3 rings (SSSR count). The van der Waals surface area contributed by atoms with E-state index in [9.17, 15) is 14.9 Å². The number of nitro groups is 1. The van der Waals surface area contributed by atoms with Gasteiger partial charge in [-0.3, -0.25) is 14.9 Å². The van der Waals surface area contributed by atoms with Crippen LogP contribution in [0.1, 0.15) is 41.0 Å². The number of carbonyl (C=O) groups excluding carboxylic acids is 1. The fraction of sp³-hybridized carbons (Fsp3) is 0.292. The molecule has 31 heavy (non-hydrogen) atoms. The lowest BCUT2D eigenvalue weighted by atomic mass is 10.1. The Bertz CT molecular complexity index is 952. The van der Waals surface area contributed by atoms with Crippen molar-refractivity contribution in [2.75, 3.05) is 13.7 Å². The highest BCUT2D eigenvalue weighted by Gasteiger charge is 2.17. The van der Waals surface area contributed by atoms with Crippen LogP contribution in [0.4, 0.5) is 5.69 Å². The molecule has 0 fully saturated rings. The van der Waals surface area contributed by atoms with E-state index in [-0.39, 0.29) is 5.69 Å². The van der Waals surface area contributed by atoms with Crippen molar-refractivity contribution in [1.82, 2.24) is 4.98 Å². The highest BCUT2D eigenvalue weighted by atomic mass is 16.6. The van der Waals surface area contributed by atoms with E-state index in [0.717, 1.165) is 30.9 Å². The van der Waals surface area contributed by atoms with Crippen LogP contribution in [0.3, 0.4) is 0 Å². The predicted octanol–water partition coefficient (Wildman–Crippen LogP) is 5.10. The number of nitrogens with one attached hydrogen (secondary N) is 1. The monoisotopic (exact) mass is 426 g/mol. The van der Waals surface area contributed by atoms with Crippen LogP contribution in [0.15, 0.2) is 54.6 Å². The zero-order chi connectivity index (χ0) is 23.2. The van der Waals surface area contributed by atoms with Crippen LogP contribution >= 0.6 is 0 Å². The van der Waals surface area contributed by atoms with Crippen molar-refractivity contribution in [2.24, 2.45) is 0 Å². The third-order valence-electron chi connectivity index (χ3n) is 4.50. The molecular formula is C24H30N2O5. The quantitative estimate of drug-likeness (QED) is 0.225. The van der Waals surface area contributed by atoms with E-state index in [1.165, 1.54) is 17.7 Å². The number of rotatable bonds is 8. The highest BCUT2D eigenvalue weighted by Crippen LogP contribution is 2.29. The number of nitro benzene ring substituents is 1. The number of aromatic nitrogens is 1. The zero-order valence-corrected chi connectivity index (χ0v) is 18.4. The molecule has 3 aromatic rings. The standard InChI is InChI=1S/C21H20N2O4.C2H6.CH4O/c1-15-19(14-27-11-10-16-6-3-2-4-7-16)20(13-24)22-21(15)17-8-5-9-18(12-17)23(25)26;2*1-2/h2-9,12-13,22H,10-11,14H2,1H3;1-2H3;2H,1H3. The summed E-state index contributed by atoms with van der Waals surface area (Å²) in [6.45, 7) is 6.73. The fourth-order valence-corrected chi connectivity index (χ4v) is 3.02. The van der Waals surface area contributed by atoms with Crippen LogP contribution in [-0.2, 0) is 17.8 Å². The maximum atomic E-state index is 11.5. The molecule has 0 bridgehead atoms. The lowest BCUT2D eigenvalue weighted by molar-refractivity contribution is -0.384. The number of carbonyl (C=O) groups is 1. The van der Waals surface area contributed by atoms with Gasteiger partial charge in [-0.05, 0) is 24.5 Å². The maximum Gasteiger partial charge on any atom is 0.270 e.